The number of urea groups is 1. The number of hydrogen-bond donors (Lipinski definition) is 3. The van der Waals surface area contributed by atoms with Gasteiger partial charge in [-0.1, -0.05) is 15.9 Å². The Morgan fingerprint density at radius 3 is 2.43 bits per heavy atom. The molecule has 6 nitrogen and oxygen atoms in total. The van der Waals surface area contributed by atoms with Crippen LogP contribution < -0.4 is 10.6 Å². The quantitative estimate of drug-likeness (QED) is 0.755. The monoisotopic (exact) mass is 355 g/mol. The molecule has 2 amide bonds. The average molecular weight is 356 g/mol. The molecule has 1 aliphatic heterocycles. The lowest BCUT2D eigenvalue weighted by atomic mass is 10.2. The Hall–Kier alpha value is -1.60. The molecule has 0 aromatic heterocycles. The number of carboxylic acids is 1. The summed E-state index contributed by atoms with van der Waals surface area (Å²) >= 11 is 3.31. The molecule has 1 unspecified atom stereocenters. The first kappa shape index (κ1) is 15.8. The highest BCUT2D eigenvalue weighted by Gasteiger charge is 2.24. The number of hydrogen-bond acceptors (Lipinski definition) is 3. The van der Waals surface area contributed by atoms with Crippen molar-refractivity contribution in [1.82, 2.24) is 10.2 Å². The minimum atomic E-state index is -1.02. The number of carbonyl (C=O) groups is 2. The van der Waals surface area contributed by atoms with Crippen LogP contribution in [0.4, 0.5) is 10.5 Å². The maximum Gasteiger partial charge on any atom is 0.327 e. The Kier molecular flexibility index (Phi) is 5.58. The lowest BCUT2D eigenvalue weighted by Crippen LogP contribution is -2.49. The van der Waals surface area contributed by atoms with E-state index in [0.29, 0.717) is 12.2 Å². The molecule has 1 heterocycles. The van der Waals surface area contributed by atoms with Crippen molar-refractivity contribution in [1.29, 1.82) is 0 Å². The maximum absolute atomic E-state index is 11.9. The Morgan fingerprint density at radius 2 is 1.86 bits per heavy atom. The Balaban J connectivity index is 1.88. The van der Waals surface area contributed by atoms with Gasteiger partial charge in [0, 0.05) is 16.7 Å². The molecular formula is C14H18BrN3O3. The van der Waals surface area contributed by atoms with Crippen molar-refractivity contribution in [3.8, 4) is 0 Å². The highest BCUT2D eigenvalue weighted by Crippen LogP contribution is 2.14. The molecule has 0 saturated carbocycles. The number of amides is 2. The largest absolute Gasteiger partial charge is 0.480 e. The lowest BCUT2D eigenvalue weighted by molar-refractivity contribution is -0.139. The van der Waals surface area contributed by atoms with Gasteiger partial charge in [0.05, 0.1) is 0 Å². The topological polar surface area (TPSA) is 81.7 Å². The number of halogens is 1. The Labute approximate surface area is 131 Å². The summed E-state index contributed by atoms with van der Waals surface area (Å²) in [7, 11) is 0. The molecule has 1 atom stereocenters. The third-order valence-electron chi connectivity index (χ3n) is 3.34. The molecular weight excluding hydrogens is 338 g/mol. The fraction of sp³-hybridized carbons (Fsp3) is 0.429. The molecule has 0 radical (unpaired) electrons. The van der Waals surface area contributed by atoms with Crippen LogP contribution in [-0.2, 0) is 4.79 Å². The van der Waals surface area contributed by atoms with E-state index in [-0.39, 0.29) is 0 Å². The van der Waals surface area contributed by atoms with Crippen LogP contribution in [0.25, 0.3) is 0 Å². The van der Waals surface area contributed by atoms with Gasteiger partial charge in [0.2, 0.25) is 0 Å². The van der Waals surface area contributed by atoms with Gasteiger partial charge in [0.1, 0.15) is 6.04 Å². The van der Waals surface area contributed by atoms with E-state index in [1.807, 2.05) is 0 Å². The fourth-order valence-corrected chi connectivity index (χ4v) is 2.53. The molecule has 114 valence electrons. The van der Waals surface area contributed by atoms with Gasteiger partial charge in [-0.15, -0.1) is 0 Å². The number of benzene rings is 1. The van der Waals surface area contributed by atoms with Crippen LogP contribution in [0.15, 0.2) is 28.7 Å². The van der Waals surface area contributed by atoms with Gasteiger partial charge in [-0.2, -0.15) is 0 Å². The van der Waals surface area contributed by atoms with Gasteiger partial charge in [-0.3, -0.25) is 0 Å². The first-order valence-corrected chi connectivity index (χ1v) is 7.62. The second-order valence-electron chi connectivity index (χ2n) is 5.00. The van der Waals surface area contributed by atoms with Crippen LogP contribution in [0.2, 0.25) is 0 Å². The molecule has 7 heteroatoms. The highest BCUT2D eigenvalue weighted by molar-refractivity contribution is 9.10. The predicted molar refractivity (Wildman–Crippen MR) is 83.4 cm³/mol. The molecule has 1 aromatic carbocycles. The van der Waals surface area contributed by atoms with Crippen molar-refractivity contribution >= 4 is 33.6 Å². The minimum Gasteiger partial charge on any atom is -0.480 e. The highest BCUT2D eigenvalue weighted by atomic mass is 79.9. The number of nitrogens with zero attached hydrogens (tertiary/aromatic N) is 1. The summed E-state index contributed by atoms with van der Waals surface area (Å²) in [6.07, 6.45) is 2.16. The molecule has 1 fully saturated rings. The summed E-state index contributed by atoms with van der Waals surface area (Å²) in [4.78, 5) is 25.2. The van der Waals surface area contributed by atoms with Crippen LogP contribution in [0.3, 0.4) is 0 Å². The van der Waals surface area contributed by atoms with Gasteiger partial charge in [-0.05, 0) is 50.2 Å². The van der Waals surface area contributed by atoms with Crippen molar-refractivity contribution in [2.75, 3.05) is 25.0 Å². The van der Waals surface area contributed by atoms with Gasteiger partial charge < -0.3 is 20.6 Å². The second-order valence-corrected chi connectivity index (χ2v) is 5.92. The maximum atomic E-state index is 11.9. The molecule has 0 aliphatic carbocycles. The van der Waals surface area contributed by atoms with E-state index in [1.54, 1.807) is 24.3 Å². The molecule has 1 aromatic rings. The standard InChI is InChI=1S/C14H18BrN3O3/c15-10-3-5-11(6-4-10)16-14(21)17-12(13(19)20)9-18-7-1-2-8-18/h3-6,12H,1-2,7-9H2,(H,19,20)(H2,16,17,21). The van der Waals surface area contributed by atoms with Gasteiger partial charge in [0.15, 0.2) is 0 Å². The number of rotatable bonds is 5. The predicted octanol–water partition coefficient (Wildman–Crippen LogP) is 2.12. The van der Waals surface area contributed by atoms with Crippen molar-refractivity contribution in [2.24, 2.45) is 0 Å². The van der Waals surface area contributed by atoms with Crippen LogP contribution in [-0.4, -0.2) is 47.7 Å². The number of carboxylic acid groups (broad SMARTS) is 1. The molecule has 2 rings (SSSR count). The zero-order valence-corrected chi connectivity index (χ0v) is 13.1. The van der Waals surface area contributed by atoms with Crippen LogP contribution in [0.1, 0.15) is 12.8 Å². The van der Waals surface area contributed by atoms with E-state index in [9.17, 15) is 14.7 Å². The molecule has 1 aliphatic rings. The molecule has 1 saturated heterocycles. The normalized spacial score (nSPS) is 16.4. The first-order valence-electron chi connectivity index (χ1n) is 6.83. The number of carbonyl (C=O) groups excluding carboxylic acids is 1. The third-order valence-corrected chi connectivity index (χ3v) is 3.87. The Morgan fingerprint density at radius 1 is 1.24 bits per heavy atom. The van der Waals surface area contributed by atoms with Gasteiger partial charge >= 0.3 is 12.0 Å². The Bertz CT molecular complexity index is 501. The fourth-order valence-electron chi connectivity index (χ4n) is 2.27. The van der Waals surface area contributed by atoms with Crippen LogP contribution >= 0.6 is 15.9 Å². The minimum absolute atomic E-state index is 0.336. The number of anilines is 1. The molecule has 21 heavy (non-hydrogen) atoms. The summed E-state index contributed by atoms with van der Waals surface area (Å²) in [5.41, 5.74) is 0.612. The third kappa shape index (κ3) is 5.02. The van der Waals surface area contributed by atoms with E-state index in [4.69, 9.17) is 0 Å². The van der Waals surface area contributed by atoms with E-state index < -0.39 is 18.0 Å². The van der Waals surface area contributed by atoms with Gasteiger partial charge in [-0.25, -0.2) is 9.59 Å². The summed E-state index contributed by atoms with van der Waals surface area (Å²) < 4.78 is 0.908. The van der Waals surface area contributed by atoms with E-state index in [1.165, 1.54) is 0 Å². The van der Waals surface area contributed by atoms with Crippen molar-refractivity contribution < 1.29 is 14.7 Å². The van der Waals surface area contributed by atoms with Crippen LogP contribution in [0, 0.1) is 0 Å². The second kappa shape index (κ2) is 7.42. The lowest BCUT2D eigenvalue weighted by Gasteiger charge is -2.21. The van der Waals surface area contributed by atoms with Crippen LogP contribution in [0.5, 0.6) is 0 Å². The van der Waals surface area contributed by atoms with E-state index in [0.717, 1.165) is 30.4 Å². The van der Waals surface area contributed by atoms with Gasteiger partial charge in [0.25, 0.3) is 0 Å². The van der Waals surface area contributed by atoms with E-state index in [2.05, 4.69) is 31.5 Å². The summed E-state index contributed by atoms with van der Waals surface area (Å²) in [5, 5.41) is 14.3. The molecule has 0 bridgehead atoms. The smallest absolute Gasteiger partial charge is 0.327 e. The summed E-state index contributed by atoms with van der Waals surface area (Å²) in [6, 6.07) is 5.66. The summed E-state index contributed by atoms with van der Waals surface area (Å²) in [5.74, 6) is -1.02. The molecule has 3 N–H and O–H groups in total. The first-order chi connectivity index (χ1) is 10.0. The number of likely N-dealkylation sites (tertiary alicyclic amines) is 1. The van der Waals surface area contributed by atoms with E-state index >= 15 is 0 Å². The average Bonchev–Trinajstić information content (AvgIpc) is 2.93. The van der Waals surface area contributed by atoms with Crippen molar-refractivity contribution in [2.45, 2.75) is 18.9 Å². The van der Waals surface area contributed by atoms with Crippen molar-refractivity contribution in [3.05, 3.63) is 28.7 Å². The van der Waals surface area contributed by atoms with Crippen molar-refractivity contribution in [3.63, 3.8) is 0 Å². The SMILES string of the molecule is O=C(Nc1ccc(Br)cc1)NC(CN1CCCC1)C(=O)O. The zero-order valence-electron chi connectivity index (χ0n) is 11.5. The number of nitrogens with one attached hydrogen (secondary N) is 2. The zero-order chi connectivity index (χ0) is 15.2. The molecule has 0 spiro atoms. The summed E-state index contributed by atoms with van der Waals surface area (Å²) in [6.45, 7) is 2.11. The number of aliphatic carboxylic acids is 1.